The van der Waals surface area contributed by atoms with Gasteiger partial charge in [-0.25, -0.2) is 0 Å². The van der Waals surface area contributed by atoms with E-state index in [-0.39, 0.29) is 10.6 Å². The minimum absolute atomic E-state index is 0.190. The Bertz CT molecular complexity index is 449. The van der Waals surface area contributed by atoms with Gasteiger partial charge in [0.25, 0.3) is 5.69 Å². The van der Waals surface area contributed by atoms with E-state index in [0.29, 0.717) is 12.6 Å². The average molecular weight is 314 g/mol. The van der Waals surface area contributed by atoms with E-state index >= 15 is 0 Å². The van der Waals surface area contributed by atoms with Crippen LogP contribution in [0.2, 0.25) is 0 Å². The lowest BCUT2D eigenvalue weighted by Gasteiger charge is -2.37. The third-order valence-electron chi connectivity index (χ3n) is 3.30. The molecule has 1 aromatic carbocycles. The van der Waals surface area contributed by atoms with E-state index in [0.717, 1.165) is 29.7 Å². The first-order valence-electron chi connectivity index (χ1n) is 5.99. The van der Waals surface area contributed by atoms with Crippen LogP contribution in [0.15, 0.2) is 22.7 Å². The van der Waals surface area contributed by atoms with Crippen LogP contribution in [0.4, 0.5) is 5.69 Å². The number of likely N-dealkylation sites (N-methyl/N-ethyl adjacent to an activating group) is 1. The van der Waals surface area contributed by atoms with Crippen molar-refractivity contribution in [3.63, 3.8) is 0 Å². The van der Waals surface area contributed by atoms with E-state index in [1.165, 1.54) is 0 Å². The second-order valence-corrected chi connectivity index (χ2v) is 5.32. The van der Waals surface area contributed by atoms with Gasteiger partial charge in [0.1, 0.15) is 0 Å². The maximum Gasteiger partial charge on any atom is 0.275 e. The summed E-state index contributed by atoms with van der Waals surface area (Å²) in [5.74, 6) is 0. The third-order valence-corrected chi connectivity index (χ3v) is 3.79. The molecule has 1 N–H and O–H groups in total. The lowest BCUT2D eigenvalue weighted by atomic mass is 10.1. The standard InChI is InChI=1S/C12H16BrN3O2/c1-2-15(11-6-14-7-11)8-9-3-4-10(13)5-12(9)16(17)18/h3-5,11,14H,2,6-8H2,1H3. The second-order valence-electron chi connectivity index (χ2n) is 4.41. The number of nitro groups is 1. The van der Waals surface area contributed by atoms with Crippen molar-refractivity contribution in [2.45, 2.75) is 19.5 Å². The maximum atomic E-state index is 11.1. The van der Waals surface area contributed by atoms with Gasteiger partial charge >= 0.3 is 0 Å². The number of benzene rings is 1. The molecule has 0 spiro atoms. The predicted octanol–water partition coefficient (Wildman–Crippen LogP) is 2.15. The Kier molecular flexibility index (Phi) is 4.31. The minimum atomic E-state index is -0.313. The highest BCUT2D eigenvalue weighted by Crippen LogP contribution is 2.25. The van der Waals surface area contributed by atoms with Crippen molar-refractivity contribution >= 4 is 21.6 Å². The highest BCUT2D eigenvalue weighted by Gasteiger charge is 2.25. The highest BCUT2D eigenvalue weighted by atomic mass is 79.9. The summed E-state index contributed by atoms with van der Waals surface area (Å²) in [6.45, 7) is 5.56. The van der Waals surface area contributed by atoms with Crippen molar-refractivity contribution in [1.29, 1.82) is 0 Å². The number of nitrogens with zero attached hydrogens (tertiary/aromatic N) is 2. The van der Waals surface area contributed by atoms with Crippen LogP contribution in [0, 0.1) is 10.1 Å². The van der Waals surface area contributed by atoms with Crippen LogP contribution in [0.5, 0.6) is 0 Å². The summed E-state index contributed by atoms with van der Waals surface area (Å²) in [4.78, 5) is 13.0. The van der Waals surface area contributed by atoms with E-state index < -0.39 is 0 Å². The summed E-state index contributed by atoms with van der Waals surface area (Å²) in [5, 5.41) is 14.3. The summed E-state index contributed by atoms with van der Waals surface area (Å²) in [5.41, 5.74) is 0.965. The van der Waals surface area contributed by atoms with Crippen molar-refractivity contribution in [2.24, 2.45) is 0 Å². The molecule has 1 aromatic rings. The Hall–Kier alpha value is -0.980. The first-order chi connectivity index (χ1) is 8.61. The van der Waals surface area contributed by atoms with E-state index in [9.17, 15) is 10.1 Å². The van der Waals surface area contributed by atoms with Gasteiger partial charge in [-0.15, -0.1) is 0 Å². The van der Waals surface area contributed by atoms with Crippen LogP contribution in [0.3, 0.4) is 0 Å². The molecular formula is C12H16BrN3O2. The van der Waals surface area contributed by atoms with Crippen molar-refractivity contribution in [1.82, 2.24) is 10.2 Å². The van der Waals surface area contributed by atoms with Gasteiger partial charge in [0.15, 0.2) is 0 Å². The topological polar surface area (TPSA) is 58.4 Å². The fourth-order valence-electron chi connectivity index (χ4n) is 2.09. The molecule has 0 aromatic heterocycles. The molecule has 1 aliphatic rings. The van der Waals surface area contributed by atoms with Gasteiger partial charge in [0, 0.05) is 41.8 Å². The molecule has 0 radical (unpaired) electrons. The lowest BCUT2D eigenvalue weighted by Crippen LogP contribution is -2.56. The van der Waals surface area contributed by atoms with E-state index in [4.69, 9.17) is 0 Å². The Balaban J connectivity index is 2.18. The smallest absolute Gasteiger partial charge is 0.275 e. The average Bonchev–Trinajstić information content (AvgIpc) is 2.27. The highest BCUT2D eigenvalue weighted by molar-refractivity contribution is 9.10. The normalized spacial score (nSPS) is 15.7. The van der Waals surface area contributed by atoms with E-state index in [1.807, 2.05) is 12.1 Å². The zero-order chi connectivity index (χ0) is 13.1. The molecule has 1 fully saturated rings. The molecule has 0 saturated carbocycles. The minimum Gasteiger partial charge on any atom is -0.314 e. The van der Waals surface area contributed by atoms with Crippen LogP contribution < -0.4 is 5.32 Å². The lowest BCUT2D eigenvalue weighted by molar-refractivity contribution is -0.385. The van der Waals surface area contributed by atoms with Gasteiger partial charge in [0.05, 0.1) is 4.92 Å². The first kappa shape index (κ1) is 13.5. The molecule has 2 rings (SSSR count). The fraction of sp³-hybridized carbons (Fsp3) is 0.500. The number of rotatable bonds is 5. The van der Waals surface area contributed by atoms with Crippen LogP contribution in [0.1, 0.15) is 12.5 Å². The van der Waals surface area contributed by atoms with Gasteiger partial charge in [-0.05, 0) is 18.7 Å². The number of nitrogens with one attached hydrogen (secondary N) is 1. The zero-order valence-corrected chi connectivity index (χ0v) is 11.8. The number of nitro benzene ring substituents is 1. The SMILES string of the molecule is CCN(Cc1ccc(Br)cc1[N+](=O)[O-])C1CNC1. The maximum absolute atomic E-state index is 11.1. The Morgan fingerprint density at radius 1 is 1.56 bits per heavy atom. The Morgan fingerprint density at radius 2 is 2.28 bits per heavy atom. The molecule has 5 nitrogen and oxygen atoms in total. The fourth-order valence-corrected chi connectivity index (χ4v) is 2.44. The number of hydrogen-bond donors (Lipinski definition) is 1. The Morgan fingerprint density at radius 3 is 2.78 bits per heavy atom. The van der Waals surface area contributed by atoms with E-state index in [1.54, 1.807) is 6.07 Å². The Labute approximate surface area is 114 Å². The number of hydrogen-bond acceptors (Lipinski definition) is 4. The van der Waals surface area contributed by atoms with Crippen molar-refractivity contribution < 1.29 is 4.92 Å². The molecule has 0 bridgehead atoms. The quantitative estimate of drug-likeness (QED) is 0.668. The zero-order valence-electron chi connectivity index (χ0n) is 10.2. The third kappa shape index (κ3) is 2.88. The predicted molar refractivity (Wildman–Crippen MR) is 73.5 cm³/mol. The summed E-state index contributed by atoms with van der Waals surface area (Å²) >= 11 is 3.27. The molecule has 1 saturated heterocycles. The van der Waals surface area contributed by atoms with Gasteiger partial charge in [-0.2, -0.15) is 0 Å². The van der Waals surface area contributed by atoms with Crippen molar-refractivity contribution in [3.05, 3.63) is 38.3 Å². The van der Waals surface area contributed by atoms with Gasteiger partial charge in [-0.3, -0.25) is 15.0 Å². The van der Waals surface area contributed by atoms with Crippen LogP contribution in [-0.2, 0) is 6.54 Å². The molecular weight excluding hydrogens is 298 g/mol. The molecule has 0 atom stereocenters. The number of halogens is 1. The molecule has 18 heavy (non-hydrogen) atoms. The molecule has 0 unspecified atom stereocenters. The molecule has 1 heterocycles. The summed E-state index contributed by atoms with van der Waals surface area (Å²) in [6.07, 6.45) is 0. The molecule has 1 aliphatic heterocycles. The van der Waals surface area contributed by atoms with Gasteiger partial charge in [-0.1, -0.05) is 22.9 Å². The van der Waals surface area contributed by atoms with Gasteiger partial charge in [0.2, 0.25) is 0 Å². The largest absolute Gasteiger partial charge is 0.314 e. The summed E-state index contributed by atoms with van der Waals surface area (Å²) in [6, 6.07) is 5.76. The van der Waals surface area contributed by atoms with Crippen LogP contribution >= 0.6 is 15.9 Å². The monoisotopic (exact) mass is 313 g/mol. The molecule has 0 aliphatic carbocycles. The molecule has 98 valence electrons. The molecule has 6 heteroatoms. The van der Waals surface area contributed by atoms with Crippen molar-refractivity contribution in [2.75, 3.05) is 19.6 Å². The van der Waals surface area contributed by atoms with Crippen molar-refractivity contribution in [3.8, 4) is 0 Å². The van der Waals surface area contributed by atoms with Gasteiger partial charge < -0.3 is 5.32 Å². The second kappa shape index (κ2) is 5.77. The summed E-state index contributed by atoms with van der Waals surface area (Å²) in [7, 11) is 0. The first-order valence-corrected chi connectivity index (χ1v) is 6.78. The molecule has 0 amide bonds. The van der Waals surface area contributed by atoms with E-state index in [2.05, 4.69) is 33.1 Å². The summed E-state index contributed by atoms with van der Waals surface area (Å²) < 4.78 is 0.742. The van der Waals surface area contributed by atoms with Crippen LogP contribution in [0.25, 0.3) is 0 Å². The van der Waals surface area contributed by atoms with Crippen LogP contribution in [-0.4, -0.2) is 35.5 Å².